The molecule has 6 unspecified atom stereocenters. The first kappa shape index (κ1) is 38.5. The Morgan fingerprint density at radius 2 is 0.907 bits per heavy atom. The molecule has 0 N–H and O–H groups in total. The number of rotatable bonds is 9. The third kappa shape index (κ3) is 9.22. The Bertz CT molecular complexity index is 979. The molecule has 3 fully saturated rings. The van der Waals surface area contributed by atoms with E-state index < -0.39 is 0 Å². The number of hydrogen-bond acceptors (Lipinski definition) is 5. The Kier molecular flexibility index (Phi) is 15.8. The van der Waals surface area contributed by atoms with Crippen LogP contribution in [0.2, 0.25) is 0 Å². The van der Waals surface area contributed by atoms with Crippen LogP contribution in [0.4, 0.5) is 0 Å². The lowest BCUT2D eigenvalue weighted by Crippen LogP contribution is -2.45. The van der Waals surface area contributed by atoms with Crippen LogP contribution in [-0.4, -0.2) is 58.7 Å². The van der Waals surface area contributed by atoms with Crippen molar-refractivity contribution in [2.45, 2.75) is 101 Å². The fourth-order valence-corrected chi connectivity index (χ4v) is 6.75. The van der Waals surface area contributed by atoms with Gasteiger partial charge in [-0.05, 0) is 57.8 Å². The average Bonchev–Trinajstić information content (AvgIpc) is 3.29. The molecule has 0 aromatic rings. The lowest BCUT2D eigenvalue weighted by atomic mass is 9.84. The Morgan fingerprint density at radius 3 is 1.30 bits per heavy atom. The molecule has 246 valence electrons. The number of allylic oxidation sites excluding steroid dienone is 6. The van der Waals surface area contributed by atoms with Crippen molar-refractivity contribution in [3.8, 4) is 0 Å². The minimum absolute atomic E-state index is 0.565. The van der Waals surface area contributed by atoms with Crippen molar-refractivity contribution < 1.29 is 0 Å². The van der Waals surface area contributed by atoms with Crippen LogP contribution in [0, 0.1) is 35.5 Å². The lowest BCUT2D eigenvalue weighted by molar-refractivity contribution is 0.0258. The van der Waals surface area contributed by atoms with Crippen LogP contribution in [0.3, 0.4) is 0 Å². The van der Waals surface area contributed by atoms with Crippen molar-refractivity contribution in [1.29, 1.82) is 0 Å². The van der Waals surface area contributed by atoms with Gasteiger partial charge >= 0.3 is 0 Å². The summed E-state index contributed by atoms with van der Waals surface area (Å²) in [6, 6.07) is 0. The van der Waals surface area contributed by atoms with E-state index >= 15 is 0 Å². The van der Waals surface area contributed by atoms with E-state index in [0.717, 1.165) is 44.8 Å². The molecule has 0 saturated carbocycles. The van der Waals surface area contributed by atoms with Crippen LogP contribution in [0.15, 0.2) is 73.7 Å². The maximum atomic E-state index is 4.24. The van der Waals surface area contributed by atoms with Gasteiger partial charge in [0.25, 0.3) is 0 Å². The molecule has 5 nitrogen and oxygen atoms in total. The molecule has 3 heterocycles. The molecule has 6 atom stereocenters. The number of likely N-dealkylation sites (tertiary alicyclic amines) is 1. The SMILES string of the molecule is C=C1C(C(C)CC)CC(=C)N(CC)N1C.C=C1CC(C(C)CC)C(=C)N(CC)N1C.C=C1CC(C(C)CC)C(=C)N1CC. The smallest absolute Gasteiger partial charge is 0.0364 e. The van der Waals surface area contributed by atoms with Crippen molar-refractivity contribution in [1.82, 2.24) is 24.9 Å². The van der Waals surface area contributed by atoms with Gasteiger partial charge in [0.15, 0.2) is 0 Å². The van der Waals surface area contributed by atoms with Crippen LogP contribution in [0.25, 0.3) is 0 Å². The van der Waals surface area contributed by atoms with Crippen LogP contribution in [0.5, 0.6) is 0 Å². The highest BCUT2D eigenvalue weighted by Gasteiger charge is 2.33. The molecule has 3 rings (SSSR count). The third-order valence-electron chi connectivity index (χ3n) is 10.6. The van der Waals surface area contributed by atoms with Gasteiger partial charge in [0.2, 0.25) is 0 Å². The van der Waals surface area contributed by atoms with Gasteiger partial charge < -0.3 is 4.90 Å². The summed E-state index contributed by atoms with van der Waals surface area (Å²) in [4.78, 5) is 2.26. The highest BCUT2D eigenvalue weighted by molar-refractivity contribution is 5.20. The summed E-state index contributed by atoms with van der Waals surface area (Å²) in [6.45, 7) is 48.1. The molecule has 0 amide bonds. The van der Waals surface area contributed by atoms with E-state index in [9.17, 15) is 0 Å². The first-order valence-electron chi connectivity index (χ1n) is 17.1. The van der Waals surface area contributed by atoms with Crippen LogP contribution in [0.1, 0.15) is 101 Å². The van der Waals surface area contributed by atoms with E-state index in [1.165, 1.54) is 53.4 Å². The van der Waals surface area contributed by atoms with Gasteiger partial charge in [0.05, 0.1) is 0 Å². The average molecular weight is 596 g/mol. The summed E-state index contributed by atoms with van der Waals surface area (Å²) < 4.78 is 0. The van der Waals surface area contributed by atoms with E-state index in [1.807, 2.05) is 0 Å². The van der Waals surface area contributed by atoms with Gasteiger partial charge in [-0.1, -0.05) is 100 Å². The van der Waals surface area contributed by atoms with E-state index in [4.69, 9.17) is 0 Å². The van der Waals surface area contributed by atoms with Crippen molar-refractivity contribution >= 4 is 0 Å². The van der Waals surface area contributed by atoms with Gasteiger partial charge in [0, 0.05) is 85.7 Å². The molecule has 0 radical (unpaired) electrons. The largest absolute Gasteiger partial charge is 0.350 e. The molecule has 0 bridgehead atoms. The predicted octanol–water partition coefficient (Wildman–Crippen LogP) is 9.90. The van der Waals surface area contributed by atoms with Crippen molar-refractivity contribution in [2.24, 2.45) is 35.5 Å². The Hall–Kier alpha value is -2.56. The topological polar surface area (TPSA) is 16.2 Å². The number of hydrazine groups is 2. The van der Waals surface area contributed by atoms with E-state index in [2.05, 4.69) is 141 Å². The highest BCUT2D eigenvalue weighted by atomic mass is 15.6. The molecule has 0 spiro atoms. The van der Waals surface area contributed by atoms with E-state index in [0.29, 0.717) is 29.6 Å². The van der Waals surface area contributed by atoms with Crippen molar-refractivity contribution in [2.75, 3.05) is 33.7 Å². The minimum atomic E-state index is 0.565. The summed E-state index contributed by atoms with van der Waals surface area (Å²) in [7, 11) is 4.16. The second kappa shape index (κ2) is 17.7. The molecule has 0 aliphatic carbocycles. The second-order valence-electron chi connectivity index (χ2n) is 13.0. The zero-order chi connectivity index (χ0) is 33.2. The van der Waals surface area contributed by atoms with Gasteiger partial charge in [-0.2, -0.15) is 0 Å². The Balaban J connectivity index is 0.000000324. The summed E-state index contributed by atoms with van der Waals surface area (Å²) in [5, 5.41) is 8.76. The zero-order valence-corrected chi connectivity index (χ0v) is 30.3. The van der Waals surface area contributed by atoms with Gasteiger partial charge in [-0.25, -0.2) is 0 Å². The quantitative estimate of drug-likeness (QED) is 0.263. The molecule has 3 aliphatic heterocycles. The summed E-state index contributed by atoms with van der Waals surface area (Å²) in [6.07, 6.45) is 6.87. The molecular formula is C38H69N5. The Labute approximate surface area is 268 Å². The molecule has 43 heavy (non-hydrogen) atoms. The monoisotopic (exact) mass is 596 g/mol. The molecule has 3 saturated heterocycles. The van der Waals surface area contributed by atoms with E-state index in [1.54, 1.807) is 0 Å². The summed E-state index contributed by atoms with van der Waals surface area (Å²) in [5.41, 5.74) is 7.44. The van der Waals surface area contributed by atoms with Gasteiger partial charge in [0.1, 0.15) is 0 Å². The first-order valence-corrected chi connectivity index (χ1v) is 17.1. The zero-order valence-electron chi connectivity index (χ0n) is 30.3. The maximum absolute atomic E-state index is 4.24. The molecule has 0 aromatic heterocycles. The fourth-order valence-electron chi connectivity index (χ4n) is 6.75. The maximum Gasteiger partial charge on any atom is 0.0364 e. The van der Waals surface area contributed by atoms with E-state index in [-0.39, 0.29) is 0 Å². The number of hydrogen-bond donors (Lipinski definition) is 0. The second-order valence-corrected chi connectivity index (χ2v) is 13.0. The fraction of sp³-hybridized carbons (Fsp3) is 0.684. The molecule has 0 aromatic carbocycles. The first-order chi connectivity index (χ1) is 20.2. The van der Waals surface area contributed by atoms with Crippen molar-refractivity contribution in [3.63, 3.8) is 0 Å². The molecule has 3 aliphatic rings. The normalized spacial score (nSPS) is 24.9. The van der Waals surface area contributed by atoms with Crippen LogP contribution < -0.4 is 0 Å². The third-order valence-corrected chi connectivity index (χ3v) is 10.6. The standard InChI is InChI=1S/2C13H24N2.C12H21N/c1-7-10(3)13-9-11(4)15(8-2)14(6)12(13)5;1-7-10(3)13-9-11(4)14(6)15(8-2)12(13)5;1-6-9(3)12-8-10(4)13(7-2)11(12)5/h2*10,13H,4-5,7-9H2,1-3,6H3;9,12H,4-8H2,1-3H3. The van der Waals surface area contributed by atoms with Gasteiger partial charge in [-0.15, -0.1) is 0 Å². The van der Waals surface area contributed by atoms with Gasteiger partial charge in [-0.3, -0.25) is 20.0 Å². The Morgan fingerprint density at radius 1 is 0.512 bits per heavy atom. The van der Waals surface area contributed by atoms with Crippen LogP contribution >= 0.6 is 0 Å². The molecule has 5 heteroatoms. The summed E-state index contributed by atoms with van der Waals surface area (Å²) in [5.74, 6) is 3.89. The number of nitrogens with zero attached hydrogens (tertiary/aromatic N) is 5. The molecular weight excluding hydrogens is 526 g/mol. The summed E-state index contributed by atoms with van der Waals surface area (Å²) >= 11 is 0. The lowest BCUT2D eigenvalue weighted by Gasteiger charge is -2.46. The predicted molar refractivity (Wildman–Crippen MR) is 190 cm³/mol. The highest BCUT2D eigenvalue weighted by Crippen LogP contribution is 2.40. The minimum Gasteiger partial charge on any atom is -0.350 e. The van der Waals surface area contributed by atoms with Crippen LogP contribution in [-0.2, 0) is 0 Å². The van der Waals surface area contributed by atoms with Crippen molar-refractivity contribution in [3.05, 3.63) is 73.7 Å².